The van der Waals surface area contributed by atoms with Crippen molar-refractivity contribution >= 4 is 43.0 Å². The van der Waals surface area contributed by atoms with E-state index in [2.05, 4.69) is 43.8 Å². The Balaban J connectivity index is 2.20. The molecule has 0 saturated heterocycles. The molecule has 0 unspecified atom stereocenters. The Morgan fingerprint density at radius 3 is 2.25 bits per heavy atom. The van der Waals surface area contributed by atoms with E-state index in [0.717, 1.165) is 16.7 Å². The van der Waals surface area contributed by atoms with Crippen molar-refractivity contribution in [2.24, 2.45) is 0 Å². The minimum atomic E-state index is 0.163. The second-order valence-electron chi connectivity index (χ2n) is 4.71. The predicted molar refractivity (Wildman–Crippen MR) is 86.0 cm³/mol. The van der Waals surface area contributed by atoms with Crippen molar-refractivity contribution in [1.82, 2.24) is 4.98 Å². The Morgan fingerprint density at radius 1 is 1.00 bits per heavy atom. The van der Waals surface area contributed by atoms with Crippen molar-refractivity contribution < 1.29 is 9.52 Å². The summed E-state index contributed by atoms with van der Waals surface area (Å²) in [5, 5.41) is 9.75. The van der Waals surface area contributed by atoms with E-state index in [0.29, 0.717) is 14.8 Å². The summed E-state index contributed by atoms with van der Waals surface area (Å²) in [6, 6.07) is 7.57. The van der Waals surface area contributed by atoms with E-state index in [-0.39, 0.29) is 5.75 Å². The average molecular weight is 397 g/mol. The van der Waals surface area contributed by atoms with Gasteiger partial charge in [0.1, 0.15) is 11.3 Å². The van der Waals surface area contributed by atoms with Gasteiger partial charge in [0.15, 0.2) is 5.58 Å². The molecule has 0 atom stereocenters. The van der Waals surface area contributed by atoms with Gasteiger partial charge in [-0.3, -0.25) is 0 Å². The Hall–Kier alpha value is -1.33. The zero-order valence-electron chi connectivity index (χ0n) is 10.9. The van der Waals surface area contributed by atoms with Crippen LogP contribution in [0.2, 0.25) is 0 Å². The number of fused-ring (bicyclic) bond motifs is 1. The summed E-state index contributed by atoms with van der Waals surface area (Å²) in [7, 11) is 0. The molecule has 0 fully saturated rings. The lowest BCUT2D eigenvalue weighted by atomic mass is 10.1. The fourth-order valence-electron chi connectivity index (χ4n) is 1.99. The number of phenols is 1. The second-order valence-corrected chi connectivity index (χ2v) is 6.42. The monoisotopic (exact) mass is 395 g/mol. The fraction of sp³-hybridized carbons (Fsp3) is 0.133. The third kappa shape index (κ3) is 2.25. The predicted octanol–water partition coefficient (Wildman–Crippen LogP) is 5.34. The SMILES string of the molecule is Cc1cc2nc(-c3cc(Br)c(O)c(Br)c3)oc2cc1C. The van der Waals surface area contributed by atoms with Gasteiger partial charge in [-0.25, -0.2) is 4.98 Å². The van der Waals surface area contributed by atoms with E-state index in [1.54, 1.807) is 12.1 Å². The van der Waals surface area contributed by atoms with Crippen LogP contribution in [0.4, 0.5) is 0 Å². The summed E-state index contributed by atoms with van der Waals surface area (Å²) >= 11 is 6.62. The average Bonchev–Trinajstić information content (AvgIpc) is 2.79. The van der Waals surface area contributed by atoms with Gasteiger partial charge in [0.2, 0.25) is 5.89 Å². The van der Waals surface area contributed by atoms with E-state index < -0.39 is 0 Å². The number of oxazole rings is 1. The number of rotatable bonds is 1. The Morgan fingerprint density at radius 2 is 1.60 bits per heavy atom. The first-order valence-electron chi connectivity index (χ1n) is 6.02. The van der Waals surface area contributed by atoms with Gasteiger partial charge in [-0.1, -0.05) is 0 Å². The maximum Gasteiger partial charge on any atom is 0.227 e. The molecular formula is C15H11Br2NO2. The standard InChI is InChI=1S/C15H11Br2NO2/c1-7-3-12-13(4-8(7)2)20-15(18-12)9-5-10(16)14(19)11(17)6-9/h3-6,19H,1-2H3. The smallest absolute Gasteiger partial charge is 0.227 e. The molecule has 2 aromatic carbocycles. The summed E-state index contributed by atoms with van der Waals surface area (Å²) in [6.45, 7) is 4.10. The molecule has 20 heavy (non-hydrogen) atoms. The zero-order chi connectivity index (χ0) is 14.4. The Labute approximate surface area is 132 Å². The summed E-state index contributed by atoms with van der Waals surface area (Å²) < 4.78 is 6.99. The highest BCUT2D eigenvalue weighted by molar-refractivity contribution is 9.11. The highest BCUT2D eigenvalue weighted by Crippen LogP contribution is 2.37. The van der Waals surface area contributed by atoms with E-state index in [4.69, 9.17) is 4.42 Å². The molecule has 0 amide bonds. The van der Waals surface area contributed by atoms with Gasteiger partial charge in [0.05, 0.1) is 8.95 Å². The van der Waals surface area contributed by atoms with E-state index >= 15 is 0 Å². The minimum absolute atomic E-state index is 0.163. The molecule has 3 aromatic rings. The van der Waals surface area contributed by atoms with Crippen LogP contribution in [0.1, 0.15) is 11.1 Å². The Kier molecular flexibility index (Phi) is 3.34. The van der Waals surface area contributed by atoms with Gasteiger partial charge in [0, 0.05) is 5.56 Å². The number of hydrogen-bond donors (Lipinski definition) is 1. The minimum Gasteiger partial charge on any atom is -0.506 e. The van der Waals surface area contributed by atoms with E-state index in [1.165, 1.54) is 11.1 Å². The van der Waals surface area contributed by atoms with Crippen LogP contribution < -0.4 is 0 Å². The molecule has 0 aliphatic heterocycles. The van der Waals surface area contributed by atoms with Crippen LogP contribution in [0.3, 0.4) is 0 Å². The number of hydrogen-bond acceptors (Lipinski definition) is 3. The normalized spacial score (nSPS) is 11.2. The number of aryl methyl sites for hydroxylation is 2. The first-order valence-corrected chi connectivity index (χ1v) is 7.60. The lowest BCUT2D eigenvalue weighted by Crippen LogP contribution is -1.81. The molecule has 1 N–H and O–H groups in total. The van der Waals surface area contributed by atoms with Crippen molar-refractivity contribution in [3.8, 4) is 17.2 Å². The third-order valence-corrected chi connectivity index (χ3v) is 4.48. The van der Waals surface area contributed by atoms with Gasteiger partial charge in [-0.05, 0) is 81.1 Å². The molecule has 1 aromatic heterocycles. The van der Waals surface area contributed by atoms with Crippen molar-refractivity contribution in [2.45, 2.75) is 13.8 Å². The molecule has 102 valence electrons. The maximum atomic E-state index is 9.75. The molecular weight excluding hydrogens is 386 g/mol. The molecule has 0 bridgehead atoms. The van der Waals surface area contributed by atoms with E-state index in [9.17, 15) is 5.11 Å². The fourth-order valence-corrected chi connectivity index (χ4v) is 3.18. The van der Waals surface area contributed by atoms with Gasteiger partial charge in [-0.2, -0.15) is 0 Å². The van der Waals surface area contributed by atoms with Crippen LogP contribution in [0.5, 0.6) is 5.75 Å². The molecule has 3 nitrogen and oxygen atoms in total. The molecule has 0 radical (unpaired) electrons. The van der Waals surface area contributed by atoms with Crippen LogP contribution in [-0.2, 0) is 0 Å². The topological polar surface area (TPSA) is 46.3 Å². The van der Waals surface area contributed by atoms with Gasteiger partial charge < -0.3 is 9.52 Å². The van der Waals surface area contributed by atoms with Crippen LogP contribution in [0.25, 0.3) is 22.6 Å². The van der Waals surface area contributed by atoms with Crippen LogP contribution in [-0.4, -0.2) is 10.1 Å². The highest BCUT2D eigenvalue weighted by Gasteiger charge is 2.13. The number of aromatic hydroxyl groups is 1. The number of benzene rings is 2. The molecule has 3 rings (SSSR count). The van der Waals surface area contributed by atoms with Crippen molar-refractivity contribution in [2.75, 3.05) is 0 Å². The summed E-state index contributed by atoms with van der Waals surface area (Å²) in [5.74, 6) is 0.697. The third-order valence-electron chi connectivity index (χ3n) is 3.27. The molecule has 5 heteroatoms. The molecule has 0 spiro atoms. The van der Waals surface area contributed by atoms with Crippen LogP contribution in [0, 0.1) is 13.8 Å². The zero-order valence-corrected chi connectivity index (χ0v) is 14.0. The first kappa shape index (κ1) is 13.6. The number of phenolic OH excluding ortho intramolecular Hbond substituents is 1. The van der Waals surface area contributed by atoms with Crippen LogP contribution in [0.15, 0.2) is 37.6 Å². The number of nitrogens with zero attached hydrogens (tertiary/aromatic N) is 1. The van der Waals surface area contributed by atoms with Crippen LogP contribution >= 0.6 is 31.9 Å². The lowest BCUT2D eigenvalue weighted by molar-refractivity contribution is 0.468. The van der Waals surface area contributed by atoms with Gasteiger partial charge in [0.25, 0.3) is 0 Å². The summed E-state index contributed by atoms with van der Waals surface area (Å²) in [4.78, 5) is 4.51. The highest BCUT2D eigenvalue weighted by atomic mass is 79.9. The number of aromatic nitrogens is 1. The molecule has 0 saturated carbocycles. The van der Waals surface area contributed by atoms with Crippen molar-refractivity contribution in [1.29, 1.82) is 0 Å². The van der Waals surface area contributed by atoms with Gasteiger partial charge >= 0.3 is 0 Å². The quantitative estimate of drug-likeness (QED) is 0.603. The summed E-state index contributed by atoms with van der Waals surface area (Å²) in [6.07, 6.45) is 0. The summed E-state index contributed by atoms with van der Waals surface area (Å²) in [5.41, 5.74) is 4.76. The number of halogens is 2. The molecule has 1 heterocycles. The van der Waals surface area contributed by atoms with Gasteiger partial charge in [-0.15, -0.1) is 0 Å². The Bertz CT molecular complexity index is 762. The maximum absolute atomic E-state index is 9.75. The van der Waals surface area contributed by atoms with Crippen molar-refractivity contribution in [3.63, 3.8) is 0 Å². The lowest BCUT2D eigenvalue weighted by Gasteiger charge is -2.02. The first-order chi connectivity index (χ1) is 9.45. The second kappa shape index (κ2) is 4.90. The van der Waals surface area contributed by atoms with Crippen molar-refractivity contribution in [3.05, 3.63) is 44.3 Å². The largest absolute Gasteiger partial charge is 0.506 e. The molecule has 0 aliphatic carbocycles. The molecule has 0 aliphatic rings. The van der Waals surface area contributed by atoms with E-state index in [1.807, 2.05) is 19.1 Å².